The molecule has 0 radical (unpaired) electrons. The highest BCUT2D eigenvalue weighted by molar-refractivity contribution is 9.10. The molecule has 2 rings (SSSR count). The molecule has 0 N–H and O–H groups in total. The molecule has 1 aromatic heterocycles. The quantitative estimate of drug-likeness (QED) is 0.839. The van der Waals surface area contributed by atoms with Crippen LogP contribution in [0.4, 0.5) is 0 Å². The highest BCUT2D eigenvalue weighted by Gasteiger charge is 2.10. The van der Waals surface area contributed by atoms with Gasteiger partial charge in [0.1, 0.15) is 17.8 Å². The van der Waals surface area contributed by atoms with E-state index < -0.39 is 0 Å². The second-order valence-corrected chi connectivity index (χ2v) is 3.87. The number of benzene rings is 1. The van der Waals surface area contributed by atoms with Crippen molar-refractivity contribution in [1.82, 2.24) is 14.8 Å². The van der Waals surface area contributed by atoms with Gasteiger partial charge in [-0.25, -0.2) is 9.67 Å². The Bertz CT molecular complexity index is 481. The van der Waals surface area contributed by atoms with Crippen LogP contribution < -0.4 is 4.74 Å². The molecule has 15 heavy (non-hydrogen) atoms. The molecule has 0 saturated carbocycles. The van der Waals surface area contributed by atoms with Gasteiger partial charge in [0.15, 0.2) is 5.75 Å². The molecule has 0 fully saturated rings. The van der Waals surface area contributed by atoms with Gasteiger partial charge in [0.2, 0.25) is 0 Å². The van der Waals surface area contributed by atoms with E-state index in [1.807, 2.05) is 25.1 Å². The van der Waals surface area contributed by atoms with Gasteiger partial charge in [-0.15, -0.1) is 0 Å². The van der Waals surface area contributed by atoms with Gasteiger partial charge in [-0.2, -0.15) is 5.10 Å². The number of halogens is 1. The molecule has 0 aliphatic heterocycles. The summed E-state index contributed by atoms with van der Waals surface area (Å²) in [7, 11) is 1.63. The molecule has 5 heteroatoms. The third-order valence-corrected chi connectivity index (χ3v) is 2.72. The molecule has 0 aliphatic carbocycles. The van der Waals surface area contributed by atoms with Crippen molar-refractivity contribution in [3.63, 3.8) is 0 Å². The van der Waals surface area contributed by atoms with Gasteiger partial charge in [0.05, 0.1) is 11.6 Å². The molecule has 0 unspecified atom stereocenters. The molecular weight excluding hydrogens is 258 g/mol. The van der Waals surface area contributed by atoms with Crippen LogP contribution in [0.5, 0.6) is 5.75 Å². The fraction of sp³-hybridized carbons (Fsp3) is 0.200. The van der Waals surface area contributed by atoms with Crippen molar-refractivity contribution in [2.24, 2.45) is 0 Å². The fourth-order valence-electron chi connectivity index (χ4n) is 1.40. The van der Waals surface area contributed by atoms with Crippen molar-refractivity contribution in [3.05, 3.63) is 34.8 Å². The molecule has 0 spiro atoms. The van der Waals surface area contributed by atoms with Crippen molar-refractivity contribution in [1.29, 1.82) is 0 Å². The first-order valence-corrected chi connectivity index (χ1v) is 5.23. The smallest absolute Gasteiger partial charge is 0.158 e. The first-order valence-electron chi connectivity index (χ1n) is 4.43. The molecule has 0 amide bonds. The lowest BCUT2D eigenvalue weighted by molar-refractivity contribution is 0.408. The zero-order valence-electron chi connectivity index (χ0n) is 8.44. The highest BCUT2D eigenvalue weighted by Crippen LogP contribution is 2.31. The number of nitrogens with zero attached hydrogens (tertiary/aromatic N) is 3. The van der Waals surface area contributed by atoms with Gasteiger partial charge < -0.3 is 4.74 Å². The average Bonchev–Trinajstić information content (AvgIpc) is 2.64. The van der Waals surface area contributed by atoms with Crippen LogP contribution in [0.15, 0.2) is 29.0 Å². The van der Waals surface area contributed by atoms with Gasteiger partial charge in [-0.1, -0.05) is 6.07 Å². The highest BCUT2D eigenvalue weighted by atomic mass is 79.9. The maximum absolute atomic E-state index is 5.32. The Morgan fingerprint density at radius 3 is 2.80 bits per heavy atom. The summed E-state index contributed by atoms with van der Waals surface area (Å²) < 4.78 is 7.96. The van der Waals surface area contributed by atoms with E-state index in [-0.39, 0.29) is 0 Å². The van der Waals surface area contributed by atoms with Crippen LogP contribution in [0.1, 0.15) is 5.82 Å². The van der Waals surface area contributed by atoms with Crippen molar-refractivity contribution < 1.29 is 4.74 Å². The average molecular weight is 268 g/mol. The van der Waals surface area contributed by atoms with Crippen LogP contribution >= 0.6 is 15.9 Å². The second kappa shape index (κ2) is 4.02. The Hall–Kier alpha value is -1.36. The minimum atomic E-state index is 0.756. The summed E-state index contributed by atoms with van der Waals surface area (Å²) in [4.78, 5) is 4.08. The lowest BCUT2D eigenvalue weighted by Crippen LogP contribution is -2.02. The number of ether oxygens (including phenoxy) is 1. The van der Waals surface area contributed by atoms with Gasteiger partial charge in [-0.3, -0.25) is 0 Å². The van der Waals surface area contributed by atoms with Crippen molar-refractivity contribution in [3.8, 4) is 11.4 Å². The van der Waals surface area contributed by atoms with Crippen LogP contribution in [-0.2, 0) is 0 Å². The van der Waals surface area contributed by atoms with Gasteiger partial charge in [-0.05, 0) is 35.0 Å². The number of aromatic nitrogens is 3. The lowest BCUT2D eigenvalue weighted by Gasteiger charge is -2.10. The number of para-hydroxylation sites is 1. The van der Waals surface area contributed by atoms with E-state index in [0.29, 0.717) is 0 Å². The van der Waals surface area contributed by atoms with E-state index in [1.165, 1.54) is 6.33 Å². The standard InChI is InChI=1S/C10H10BrN3O/c1-7-12-6-13-14(7)9-5-3-4-8(11)10(9)15-2/h3-6H,1-2H3. The van der Waals surface area contributed by atoms with E-state index in [0.717, 1.165) is 21.7 Å². The van der Waals surface area contributed by atoms with E-state index in [9.17, 15) is 0 Å². The van der Waals surface area contributed by atoms with Crippen LogP contribution in [0, 0.1) is 6.92 Å². The van der Waals surface area contributed by atoms with Crippen molar-refractivity contribution >= 4 is 15.9 Å². The monoisotopic (exact) mass is 267 g/mol. The fourth-order valence-corrected chi connectivity index (χ4v) is 1.92. The number of rotatable bonds is 2. The van der Waals surface area contributed by atoms with Crippen LogP contribution in [0.2, 0.25) is 0 Å². The summed E-state index contributed by atoms with van der Waals surface area (Å²) in [5, 5.41) is 4.14. The summed E-state index contributed by atoms with van der Waals surface area (Å²) >= 11 is 3.43. The maximum atomic E-state index is 5.32. The molecule has 0 atom stereocenters. The maximum Gasteiger partial charge on any atom is 0.158 e. The summed E-state index contributed by atoms with van der Waals surface area (Å²) in [6.07, 6.45) is 1.52. The van der Waals surface area contributed by atoms with E-state index >= 15 is 0 Å². The molecule has 0 aliphatic rings. The number of aryl methyl sites for hydroxylation is 1. The lowest BCUT2D eigenvalue weighted by atomic mass is 10.3. The predicted octanol–water partition coefficient (Wildman–Crippen LogP) is 2.35. The molecule has 0 saturated heterocycles. The van der Waals surface area contributed by atoms with Gasteiger partial charge >= 0.3 is 0 Å². The predicted molar refractivity (Wildman–Crippen MR) is 60.3 cm³/mol. The van der Waals surface area contributed by atoms with Crippen molar-refractivity contribution in [2.45, 2.75) is 6.92 Å². The normalized spacial score (nSPS) is 10.3. The van der Waals surface area contributed by atoms with Gasteiger partial charge in [0.25, 0.3) is 0 Å². The first kappa shape index (κ1) is 10.2. The minimum Gasteiger partial charge on any atom is -0.493 e. The Kier molecular flexibility index (Phi) is 2.73. The molecule has 0 bridgehead atoms. The summed E-state index contributed by atoms with van der Waals surface area (Å²) in [5.74, 6) is 1.58. The van der Waals surface area contributed by atoms with E-state index in [4.69, 9.17) is 4.74 Å². The third-order valence-electron chi connectivity index (χ3n) is 2.10. The van der Waals surface area contributed by atoms with E-state index in [2.05, 4.69) is 26.0 Å². The van der Waals surface area contributed by atoms with E-state index in [1.54, 1.807) is 11.8 Å². The van der Waals surface area contributed by atoms with Crippen LogP contribution in [0.3, 0.4) is 0 Å². The molecule has 78 valence electrons. The zero-order valence-corrected chi connectivity index (χ0v) is 10.0. The number of methoxy groups -OCH3 is 1. The van der Waals surface area contributed by atoms with Crippen molar-refractivity contribution in [2.75, 3.05) is 7.11 Å². The number of hydrogen-bond acceptors (Lipinski definition) is 3. The van der Waals surface area contributed by atoms with Crippen LogP contribution in [-0.4, -0.2) is 21.9 Å². The molecule has 4 nitrogen and oxygen atoms in total. The molecule has 1 heterocycles. The minimum absolute atomic E-state index is 0.756. The molecule has 1 aromatic carbocycles. The topological polar surface area (TPSA) is 39.9 Å². The summed E-state index contributed by atoms with van der Waals surface area (Å²) in [6, 6.07) is 5.79. The number of hydrogen-bond donors (Lipinski definition) is 0. The second-order valence-electron chi connectivity index (χ2n) is 3.01. The summed E-state index contributed by atoms with van der Waals surface area (Å²) in [6.45, 7) is 1.90. The molecule has 2 aromatic rings. The van der Waals surface area contributed by atoms with Gasteiger partial charge in [0, 0.05) is 0 Å². The Morgan fingerprint density at radius 1 is 1.40 bits per heavy atom. The summed E-state index contributed by atoms with van der Waals surface area (Å²) in [5.41, 5.74) is 0.877. The Balaban J connectivity index is 2.63. The third kappa shape index (κ3) is 1.74. The Labute approximate surface area is 96.0 Å². The largest absolute Gasteiger partial charge is 0.493 e. The Morgan fingerprint density at radius 2 is 2.20 bits per heavy atom. The SMILES string of the molecule is COc1c(Br)cccc1-n1ncnc1C. The first-order chi connectivity index (χ1) is 7.24. The molecular formula is C10H10BrN3O. The van der Waals surface area contributed by atoms with Crippen LogP contribution in [0.25, 0.3) is 5.69 Å². The zero-order chi connectivity index (χ0) is 10.8.